The molecule has 0 amide bonds. The van der Waals surface area contributed by atoms with E-state index in [1.165, 1.54) is 0 Å². The van der Waals surface area contributed by atoms with E-state index in [1.54, 1.807) is 12.1 Å². The van der Waals surface area contributed by atoms with Crippen LogP contribution in [0.15, 0.2) is 18.2 Å². The van der Waals surface area contributed by atoms with Crippen LogP contribution >= 0.6 is 0 Å². The van der Waals surface area contributed by atoms with Crippen LogP contribution in [0.4, 0.5) is 4.39 Å². The van der Waals surface area contributed by atoms with Crippen LogP contribution in [0.5, 0.6) is 5.75 Å². The molecular formula is C13H18FNO. The van der Waals surface area contributed by atoms with Crippen molar-refractivity contribution in [3.05, 3.63) is 29.6 Å². The summed E-state index contributed by atoms with van der Waals surface area (Å²) in [7, 11) is 0. The van der Waals surface area contributed by atoms with Crippen molar-refractivity contribution in [1.82, 2.24) is 5.32 Å². The third-order valence-corrected chi connectivity index (χ3v) is 3.07. The predicted octanol–water partition coefficient (Wildman–Crippen LogP) is 2.69. The van der Waals surface area contributed by atoms with E-state index in [0.717, 1.165) is 31.5 Å². The molecule has 1 aromatic carbocycles. The smallest absolute Gasteiger partial charge is 0.165 e. The van der Waals surface area contributed by atoms with Crippen molar-refractivity contribution >= 4 is 0 Å². The largest absolute Gasteiger partial charge is 0.491 e. The molecule has 0 atom stereocenters. The average molecular weight is 223 g/mol. The van der Waals surface area contributed by atoms with Crippen molar-refractivity contribution in [2.24, 2.45) is 0 Å². The summed E-state index contributed by atoms with van der Waals surface area (Å²) in [6.07, 6.45) is 2.18. The summed E-state index contributed by atoms with van der Waals surface area (Å²) in [6, 6.07) is 5.36. The van der Waals surface area contributed by atoms with Crippen molar-refractivity contribution in [1.29, 1.82) is 0 Å². The maximum absolute atomic E-state index is 13.7. The molecule has 0 aromatic heterocycles. The van der Waals surface area contributed by atoms with Crippen molar-refractivity contribution < 1.29 is 9.13 Å². The number of nitrogens with one attached hydrogen (secondary N) is 1. The molecule has 1 aliphatic heterocycles. The minimum absolute atomic E-state index is 0.238. The second kappa shape index (κ2) is 5.30. The van der Waals surface area contributed by atoms with E-state index >= 15 is 0 Å². The van der Waals surface area contributed by atoms with Gasteiger partial charge in [-0.25, -0.2) is 4.39 Å². The fourth-order valence-electron chi connectivity index (χ4n) is 2.20. The van der Waals surface area contributed by atoms with Crippen LogP contribution in [0.2, 0.25) is 0 Å². The lowest BCUT2D eigenvalue weighted by Gasteiger charge is -2.23. The Morgan fingerprint density at radius 1 is 1.38 bits per heavy atom. The first-order valence-corrected chi connectivity index (χ1v) is 5.94. The fourth-order valence-corrected chi connectivity index (χ4v) is 2.20. The summed E-state index contributed by atoms with van der Waals surface area (Å²) in [5.41, 5.74) is 1.10. The average Bonchev–Trinajstić information content (AvgIpc) is 2.33. The molecule has 0 saturated carbocycles. The highest BCUT2D eigenvalue weighted by Gasteiger charge is 2.16. The molecule has 2 nitrogen and oxygen atoms in total. The Balaban J connectivity index is 2.13. The normalized spacial score (nSPS) is 17.4. The van der Waals surface area contributed by atoms with Gasteiger partial charge in [-0.1, -0.05) is 6.07 Å². The molecule has 0 unspecified atom stereocenters. The van der Waals surface area contributed by atoms with Crippen molar-refractivity contribution in [2.75, 3.05) is 19.7 Å². The molecule has 0 aliphatic carbocycles. The van der Waals surface area contributed by atoms with Crippen LogP contribution in [-0.4, -0.2) is 19.7 Å². The van der Waals surface area contributed by atoms with Gasteiger partial charge in [0.25, 0.3) is 0 Å². The van der Waals surface area contributed by atoms with E-state index in [2.05, 4.69) is 5.32 Å². The van der Waals surface area contributed by atoms with Gasteiger partial charge in [-0.15, -0.1) is 0 Å². The lowest BCUT2D eigenvalue weighted by atomic mass is 9.90. The van der Waals surface area contributed by atoms with Gasteiger partial charge in [-0.2, -0.15) is 0 Å². The number of piperidine rings is 1. The molecule has 3 heteroatoms. The van der Waals surface area contributed by atoms with Crippen LogP contribution in [0, 0.1) is 5.82 Å². The number of rotatable bonds is 3. The van der Waals surface area contributed by atoms with Gasteiger partial charge in [-0.05, 0) is 56.5 Å². The lowest BCUT2D eigenvalue weighted by molar-refractivity contribution is 0.321. The number of halogens is 1. The molecule has 1 aromatic rings. The molecule has 1 fully saturated rings. The highest BCUT2D eigenvalue weighted by atomic mass is 19.1. The second-order valence-corrected chi connectivity index (χ2v) is 4.15. The first-order chi connectivity index (χ1) is 7.81. The SMILES string of the molecule is CCOc1ccc(C2CCNCC2)cc1F. The Morgan fingerprint density at radius 2 is 2.12 bits per heavy atom. The molecule has 16 heavy (non-hydrogen) atoms. The second-order valence-electron chi connectivity index (χ2n) is 4.15. The van der Waals surface area contributed by atoms with Crippen molar-refractivity contribution in [2.45, 2.75) is 25.7 Å². The van der Waals surface area contributed by atoms with Gasteiger partial charge in [0.15, 0.2) is 11.6 Å². The molecule has 0 radical (unpaired) electrons. The molecular weight excluding hydrogens is 205 g/mol. The Bertz CT molecular complexity index is 348. The quantitative estimate of drug-likeness (QED) is 0.850. The van der Waals surface area contributed by atoms with Gasteiger partial charge < -0.3 is 10.1 Å². The molecule has 1 aliphatic rings. The highest BCUT2D eigenvalue weighted by molar-refractivity contribution is 5.31. The monoisotopic (exact) mass is 223 g/mol. The number of hydrogen-bond acceptors (Lipinski definition) is 2. The number of benzene rings is 1. The van der Waals surface area contributed by atoms with E-state index in [-0.39, 0.29) is 5.82 Å². The first-order valence-electron chi connectivity index (χ1n) is 5.94. The zero-order chi connectivity index (χ0) is 11.4. The molecule has 1 N–H and O–H groups in total. The summed E-state index contributed by atoms with van der Waals surface area (Å²) in [6.45, 7) is 4.42. The van der Waals surface area contributed by atoms with E-state index < -0.39 is 0 Å². The van der Waals surface area contributed by atoms with Gasteiger partial charge in [0.1, 0.15) is 0 Å². The van der Waals surface area contributed by atoms with Crippen LogP contribution in [0.1, 0.15) is 31.2 Å². The van der Waals surface area contributed by atoms with Crippen LogP contribution in [-0.2, 0) is 0 Å². The maximum Gasteiger partial charge on any atom is 0.165 e. The zero-order valence-corrected chi connectivity index (χ0v) is 9.63. The summed E-state index contributed by atoms with van der Waals surface area (Å²) in [5.74, 6) is 0.615. The Morgan fingerprint density at radius 3 is 2.75 bits per heavy atom. The molecule has 0 bridgehead atoms. The maximum atomic E-state index is 13.7. The molecule has 1 saturated heterocycles. The summed E-state index contributed by atoms with van der Waals surface area (Å²) < 4.78 is 18.8. The third kappa shape index (κ3) is 2.53. The zero-order valence-electron chi connectivity index (χ0n) is 9.63. The third-order valence-electron chi connectivity index (χ3n) is 3.07. The van der Waals surface area contributed by atoms with Gasteiger partial charge in [0, 0.05) is 0 Å². The Hall–Kier alpha value is -1.09. The standard InChI is InChI=1S/C13H18FNO/c1-2-16-13-4-3-11(9-12(13)14)10-5-7-15-8-6-10/h3-4,9-10,15H,2,5-8H2,1H3. The van der Waals surface area contributed by atoms with Crippen LogP contribution in [0.3, 0.4) is 0 Å². The van der Waals surface area contributed by atoms with E-state index in [4.69, 9.17) is 4.74 Å². The summed E-state index contributed by atoms with van der Waals surface area (Å²) in [5, 5.41) is 3.31. The summed E-state index contributed by atoms with van der Waals surface area (Å²) >= 11 is 0. The van der Waals surface area contributed by atoms with Gasteiger partial charge in [0.2, 0.25) is 0 Å². The van der Waals surface area contributed by atoms with E-state index in [9.17, 15) is 4.39 Å². The minimum atomic E-state index is -0.238. The number of ether oxygens (including phenoxy) is 1. The topological polar surface area (TPSA) is 21.3 Å². The van der Waals surface area contributed by atoms with Gasteiger partial charge >= 0.3 is 0 Å². The van der Waals surface area contributed by atoms with E-state index in [0.29, 0.717) is 18.3 Å². The predicted molar refractivity (Wildman–Crippen MR) is 62.4 cm³/mol. The summed E-state index contributed by atoms with van der Waals surface area (Å²) in [4.78, 5) is 0. The van der Waals surface area contributed by atoms with Gasteiger partial charge in [-0.3, -0.25) is 0 Å². The van der Waals surface area contributed by atoms with E-state index in [1.807, 2.05) is 13.0 Å². The Labute approximate surface area is 95.8 Å². The lowest BCUT2D eigenvalue weighted by Crippen LogP contribution is -2.26. The van der Waals surface area contributed by atoms with Crippen LogP contribution < -0.4 is 10.1 Å². The Kier molecular flexibility index (Phi) is 3.78. The minimum Gasteiger partial charge on any atom is -0.491 e. The fraction of sp³-hybridized carbons (Fsp3) is 0.538. The highest BCUT2D eigenvalue weighted by Crippen LogP contribution is 2.28. The molecule has 88 valence electrons. The first kappa shape index (κ1) is 11.4. The van der Waals surface area contributed by atoms with Gasteiger partial charge in [0.05, 0.1) is 6.61 Å². The molecule has 2 rings (SSSR count). The van der Waals surface area contributed by atoms with Crippen molar-refractivity contribution in [3.63, 3.8) is 0 Å². The van der Waals surface area contributed by atoms with Crippen molar-refractivity contribution in [3.8, 4) is 5.75 Å². The molecule has 1 heterocycles. The number of hydrogen-bond donors (Lipinski definition) is 1. The van der Waals surface area contributed by atoms with Crippen LogP contribution in [0.25, 0.3) is 0 Å². The molecule has 0 spiro atoms.